The van der Waals surface area contributed by atoms with Gasteiger partial charge in [0.1, 0.15) is 0 Å². The fraction of sp³-hybridized carbons (Fsp3) is 0.444. The molecule has 0 saturated heterocycles. The molecule has 2 rings (SSSR count). The summed E-state index contributed by atoms with van der Waals surface area (Å²) in [5.74, 6) is 0.0219. The molecule has 94 valence electrons. The molecule has 0 aromatic carbocycles. The summed E-state index contributed by atoms with van der Waals surface area (Å²) in [7, 11) is -3.67. The van der Waals surface area contributed by atoms with Crippen LogP contribution in [0.15, 0.2) is 16.6 Å². The molecular formula is C9H14N4O2S2. The molecule has 2 aromatic heterocycles. The number of nitrogens with zero attached hydrogens (tertiary/aromatic N) is 2. The Morgan fingerprint density at radius 1 is 1.47 bits per heavy atom. The third-order valence-electron chi connectivity index (χ3n) is 1.94. The van der Waals surface area contributed by atoms with Gasteiger partial charge in [0.2, 0.25) is 0 Å². The van der Waals surface area contributed by atoms with Gasteiger partial charge in [-0.2, -0.15) is 0 Å². The number of thiazole rings is 1. The molecule has 0 aliphatic carbocycles. The van der Waals surface area contributed by atoms with Crippen LogP contribution in [0.5, 0.6) is 0 Å². The third-order valence-corrected chi connectivity index (χ3v) is 4.49. The molecule has 2 aromatic rings. The Labute approximate surface area is 104 Å². The quantitative estimate of drug-likeness (QED) is 0.856. The topological polar surface area (TPSA) is 89.5 Å². The molecule has 3 N–H and O–H groups in total. The zero-order valence-electron chi connectivity index (χ0n) is 9.76. The van der Waals surface area contributed by atoms with Crippen molar-refractivity contribution in [1.82, 2.24) is 14.1 Å². The maximum absolute atomic E-state index is 12.2. The van der Waals surface area contributed by atoms with Crippen molar-refractivity contribution in [3.63, 3.8) is 0 Å². The number of hydrogen-bond donors (Lipinski definition) is 2. The van der Waals surface area contributed by atoms with Gasteiger partial charge < -0.3 is 5.73 Å². The lowest BCUT2D eigenvalue weighted by atomic mass is 10.1. The molecule has 0 unspecified atom stereocenters. The van der Waals surface area contributed by atoms with Gasteiger partial charge in [0.05, 0.1) is 0 Å². The summed E-state index contributed by atoms with van der Waals surface area (Å²) in [6.45, 7) is 5.31. The number of nitrogens with two attached hydrogens (primary N) is 1. The largest absolute Gasteiger partial charge is 0.381 e. The number of fused-ring (bicyclic) bond motifs is 1. The highest BCUT2D eigenvalue weighted by Crippen LogP contribution is 2.24. The van der Waals surface area contributed by atoms with Gasteiger partial charge >= 0.3 is 0 Å². The normalized spacial score (nSPS) is 13.4. The predicted molar refractivity (Wildman–Crippen MR) is 67.6 cm³/mol. The lowest BCUT2D eigenvalue weighted by Gasteiger charge is -2.19. The molecule has 0 amide bonds. The summed E-state index contributed by atoms with van der Waals surface area (Å²) < 4.78 is 28.4. The fourth-order valence-corrected chi connectivity index (χ4v) is 3.91. The Kier molecular flexibility index (Phi) is 2.68. The Bertz CT molecular complexity index is 648. The van der Waals surface area contributed by atoms with Crippen molar-refractivity contribution >= 4 is 32.1 Å². The zero-order chi connectivity index (χ0) is 12.8. The smallest absolute Gasteiger partial charge is 0.260 e. The number of aromatic nitrogens is 2. The van der Waals surface area contributed by atoms with Crippen LogP contribution in [0.2, 0.25) is 0 Å². The van der Waals surface area contributed by atoms with E-state index in [-0.39, 0.29) is 10.8 Å². The Balaban J connectivity index is 2.59. The minimum absolute atomic E-state index is 0.00340. The van der Waals surface area contributed by atoms with Crippen molar-refractivity contribution in [3.05, 3.63) is 11.6 Å². The Morgan fingerprint density at radius 3 is 2.71 bits per heavy atom. The molecule has 0 aliphatic rings. The molecule has 2 heterocycles. The standard InChI is InChI=1S/C9H14N4O2S2/c1-9(2,3)12-17(14,15)7-6(10)11-8-13(7)4-5-16-8/h4-5,12H,10H2,1-3H3. The first-order valence-electron chi connectivity index (χ1n) is 4.96. The van der Waals surface area contributed by atoms with E-state index in [1.54, 1.807) is 32.3 Å². The van der Waals surface area contributed by atoms with Crippen molar-refractivity contribution in [3.8, 4) is 0 Å². The first-order valence-corrected chi connectivity index (χ1v) is 7.32. The second-order valence-electron chi connectivity index (χ2n) is 4.71. The van der Waals surface area contributed by atoms with Crippen LogP contribution in [0.25, 0.3) is 4.96 Å². The molecule has 0 aliphatic heterocycles. The van der Waals surface area contributed by atoms with Crippen molar-refractivity contribution in [2.75, 3.05) is 5.73 Å². The van der Waals surface area contributed by atoms with E-state index < -0.39 is 15.6 Å². The summed E-state index contributed by atoms with van der Waals surface area (Å²) in [6, 6.07) is 0. The average Bonchev–Trinajstić information content (AvgIpc) is 2.56. The van der Waals surface area contributed by atoms with Gasteiger partial charge in [-0.15, -0.1) is 11.3 Å². The molecule has 0 bridgehead atoms. The molecule has 0 spiro atoms. The van der Waals surface area contributed by atoms with Crippen molar-refractivity contribution in [1.29, 1.82) is 0 Å². The SMILES string of the molecule is CC(C)(C)NS(=O)(=O)c1c(N)nc2sccn12. The van der Waals surface area contributed by atoms with Gasteiger partial charge in [-0.05, 0) is 20.8 Å². The van der Waals surface area contributed by atoms with Gasteiger partial charge in [0.15, 0.2) is 15.8 Å². The monoisotopic (exact) mass is 274 g/mol. The second kappa shape index (κ2) is 3.69. The van der Waals surface area contributed by atoms with E-state index in [0.29, 0.717) is 4.96 Å². The van der Waals surface area contributed by atoms with Gasteiger partial charge in [0, 0.05) is 17.1 Å². The summed E-state index contributed by atoms with van der Waals surface area (Å²) in [5, 5.41) is 1.77. The first kappa shape index (κ1) is 12.3. The summed E-state index contributed by atoms with van der Waals surface area (Å²) in [4.78, 5) is 4.58. The molecule has 0 radical (unpaired) electrons. The fourth-order valence-electron chi connectivity index (χ4n) is 1.50. The van der Waals surface area contributed by atoms with E-state index in [4.69, 9.17) is 5.73 Å². The number of imidazole rings is 1. The van der Waals surface area contributed by atoms with Crippen LogP contribution >= 0.6 is 11.3 Å². The zero-order valence-corrected chi connectivity index (χ0v) is 11.4. The van der Waals surface area contributed by atoms with Crippen LogP contribution in [-0.2, 0) is 10.0 Å². The number of sulfonamides is 1. The Morgan fingerprint density at radius 2 is 2.12 bits per heavy atom. The number of hydrogen-bond acceptors (Lipinski definition) is 5. The summed E-state index contributed by atoms with van der Waals surface area (Å²) >= 11 is 1.34. The molecule has 0 saturated carbocycles. The minimum atomic E-state index is -3.67. The van der Waals surface area contributed by atoms with Crippen LogP contribution in [0.4, 0.5) is 5.82 Å². The molecule has 0 atom stereocenters. The summed E-state index contributed by atoms with van der Waals surface area (Å²) in [6.07, 6.45) is 1.64. The van der Waals surface area contributed by atoms with Crippen molar-refractivity contribution in [2.24, 2.45) is 0 Å². The van der Waals surface area contributed by atoms with E-state index in [0.717, 1.165) is 0 Å². The van der Waals surface area contributed by atoms with E-state index in [9.17, 15) is 8.42 Å². The van der Waals surface area contributed by atoms with E-state index in [1.807, 2.05) is 0 Å². The van der Waals surface area contributed by atoms with Gasteiger partial charge in [-0.3, -0.25) is 4.40 Å². The number of nitrogen functional groups attached to an aromatic ring is 1. The Hall–Kier alpha value is -1.12. The maximum Gasteiger partial charge on any atom is 0.260 e. The lowest BCUT2D eigenvalue weighted by Crippen LogP contribution is -2.41. The van der Waals surface area contributed by atoms with E-state index >= 15 is 0 Å². The number of rotatable bonds is 2. The van der Waals surface area contributed by atoms with Crippen LogP contribution in [-0.4, -0.2) is 23.3 Å². The molecule has 6 nitrogen and oxygen atoms in total. The summed E-state index contributed by atoms with van der Waals surface area (Å²) in [5.41, 5.74) is 5.09. The predicted octanol–water partition coefficient (Wildman–Crippen LogP) is 1.05. The first-order chi connectivity index (χ1) is 7.71. The number of nitrogens with one attached hydrogen (secondary N) is 1. The lowest BCUT2D eigenvalue weighted by molar-refractivity contribution is 0.489. The van der Waals surface area contributed by atoms with Crippen molar-refractivity contribution in [2.45, 2.75) is 31.3 Å². The third kappa shape index (κ3) is 2.28. The maximum atomic E-state index is 12.2. The number of anilines is 1. The molecular weight excluding hydrogens is 260 g/mol. The molecule has 8 heteroatoms. The highest BCUT2D eigenvalue weighted by atomic mass is 32.2. The minimum Gasteiger partial charge on any atom is -0.381 e. The highest BCUT2D eigenvalue weighted by molar-refractivity contribution is 7.89. The van der Waals surface area contributed by atoms with Crippen LogP contribution < -0.4 is 10.5 Å². The molecule has 0 fully saturated rings. The second-order valence-corrected chi connectivity index (χ2v) is 7.18. The molecule has 17 heavy (non-hydrogen) atoms. The van der Waals surface area contributed by atoms with Gasteiger partial charge in [0.25, 0.3) is 10.0 Å². The van der Waals surface area contributed by atoms with Gasteiger partial charge in [-0.25, -0.2) is 18.1 Å². The van der Waals surface area contributed by atoms with Crippen molar-refractivity contribution < 1.29 is 8.42 Å². The van der Waals surface area contributed by atoms with E-state index in [2.05, 4.69) is 9.71 Å². The average molecular weight is 274 g/mol. The van der Waals surface area contributed by atoms with Gasteiger partial charge in [-0.1, -0.05) is 0 Å². The van der Waals surface area contributed by atoms with Crippen LogP contribution in [0, 0.1) is 0 Å². The van der Waals surface area contributed by atoms with E-state index in [1.165, 1.54) is 15.7 Å². The van der Waals surface area contributed by atoms with Crippen LogP contribution in [0.3, 0.4) is 0 Å². The highest BCUT2D eigenvalue weighted by Gasteiger charge is 2.28. The van der Waals surface area contributed by atoms with Crippen LogP contribution in [0.1, 0.15) is 20.8 Å².